The molecule has 21 heavy (non-hydrogen) atoms. The van der Waals surface area contributed by atoms with E-state index in [0.717, 1.165) is 4.57 Å². The molecule has 3 aromatic rings. The standard InChI is InChI=1S/C15H12N2O4/c1-21-12-4-2-3-11-13(12)14(19)17(15(20)16-11)9-5-7-10(18)8-6-9/h2-8,18H,1H3,(H,16,20). The number of benzene rings is 2. The van der Waals surface area contributed by atoms with Crippen molar-refractivity contribution in [2.24, 2.45) is 0 Å². The fourth-order valence-electron chi connectivity index (χ4n) is 2.24. The molecule has 3 rings (SSSR count). The van der Waals surface area contributed by atoms with E-state index in [-0.39, 0.29) is 5.75 Å². The van der Waals surface area contributed by atoms with Crippen LogP contribution < -0.4 is 16.0 Å². The second-order valence-corrected chi connectivity index (χ2v) is 4.47. The molecule has 0 aliphatic rings. The molecule has 106 valence electrons. The zero-order valence-electron chi connectivity index (χ0n) is 11.2. The molecule has 0 aliphatic heterocycles. The van der Waals surface area contributed by atoms with Crippen LogP contribution in [0.3, 0.4) is 0 Å². The summed E-state index contributed by atoms with van der Waals surface area (Å²) in [5, 5.41) is 9.60. The van der Waals surface area contributed by atoms with Crippen LogP contribution in [0.4, 0.5) is 0 Å². The fraction of sp³-hybridized carbons (Fsp3) is 0.0667. The summed E-state index contributed by atoms with van der Waals surface area (Å²) in [7, 11) is 1.46. The van der Waals surface area contributed by atoms with E-state index in [9.17, 15) is 14.7 Å². The number of aromatic amines is 1. The zero-order chi connectivity index (χ0) is 15.0. The van der Waals surface area contributed by atoms with Crippen LogP contribution in [0, 0.1) is 0 Å². The zero-order valence-corrected chi connectivity index (χ0v) is 11.2. The average Bonchev–Trinajstić information content (AvgIpc) is 2.48. The van der Waals surface area contributed by atoms with Gasteiger partial charge in [-0.3, -0.25) is 4.79 Å². The second kappa shape index (κ2) is 4.82. The summed E-state index contributed by atoms with van der Waals surface area (Å²) in [6.07, 6.45) is 0. The van der Waals surface area contributed by atoms with Crippen molar-refractivity contribution in [3.63, 3.8) is 0 Å². The van der Waals surface area contributed by atoms with Gasteiger partial charge in [-0.25, -0.2) is 9.36 Å². The van der Waals surface area contributed by atoms with Crippen molar-refractivity contribution in [2.75, 3.05) is 7.11 Å². The van der Waals surface area contributed by atoms with Crippen LogP contribution in [0.2, 0.25) is 0 Å². The van der Waals surface area contributed by atoms with Gasteiger partial charge in [0.25, 0.3) is 5.56 Å². The molecule has 2 N–H and O–H groups in total. The maximum Gasteiger partial charge on any atom is 0.333 e. The lowest BCUT2D eigenvalue weighted by Gasteiger charge is -2.09. The third-order valence-electron chi connectivity index (χ3n) is 3.22. The molecular formula is C15H12N2O4. The Morgan fingerprint density at radius 2 is 1.81 bits per heavy atom. The van der Waals surface area contributed by atoms with Crippen molar-refractivity contribution in [3.05, 3.63) is 63.3 Å². The van der Waals surface area contributed by atoms with Gasteiger partial charge in [0, 0.05) is 0 Å². The highest BCUT2D eigenvalue weighted by atomic mass is 16.5. The number of rotatable bonds is 2. The SMILES string of the molecule is COc1cccc2[nH]c(=O)n(-c3ccc(O)cc3)c(=O)c12. The summed E-state index contributed by atoms with van der Waals surface area (Å²) in [5.41, 5.74) is -0.241. The summed E-state index contributed by atoms with van der Waals surface area (Å²) in [6.45, 7) is 0. The van der Waals surface area contributed by atoms with Crippen LogP contribution >= 0.6 is 0 Å². The molecule has 6 heteroatoms. The molecule has 0 fully saturated rings. The Morgan fingerprint density at radius 1 is 1.10 bits per heavy atom. The first-order chi connectivity index (χ1) is 10.1. The molecule has 0 saturated heterocycles. The van der Waals surface area contributed by atoms with E-state index in [1.54, 1.807) is 18.2 Å². The number of fused-ring (bicyclic) bond motifs is 1. The molecule has 0 spiro atoms. The van der Waals surface area contributed by atoms with Gasteiger partial charge >= 0.3 is 5.69 Å². The van der Waals surface area contributed by atoms with E-state index in [4.69, 9.17) is 4.74 Å². The van der Waals surface area contributed by atoms with Crippen molar-refractivity contribution < 1.29 is 9.84 Å². The maximum absolute atomic E-state index is 12.6. The number of nitrogens with zero attached hydrogens (tertiary/aromatic N) is 1. The molecule has 1 aromatic heterocycles. The van der Waals surface area contributed by atoms with Crippen molar-refractivity contribution in [1.29, 1.82) is 0 Å². The van der Waals surface area contributed by atoms with Gasteiger partial charge in [-0.15, -0.1) is 0 Å². The Balaban J connectivity index is 2.41. The number of hydrogen-bond acceptors (Lipinski definition) is 4. The lowest BCUT2D eigenvalue weighted by atomic mass is 10.2. The highest BCUT2D eigenvalue weighted by molar-refractivity contribution is 5.84. The van der Waals surface area contributed by atoms with E-state index in [0.29, 0.717) is 22.3 Å². The topological polar surface area (TPSA) is 84.3 Å². The van der Waals surface area contributed by atoms with Crippen molar-refractivity contribution >= 4 is 10.9 Å². The number of H-pyrrole nitrogens is 1. The Morgan fingerprint density at radius 3 is 2.48 bits per heavy atom. The fourth-order valence-corrected chi connectivity index (χ4v) is 2.24. The summed E-state index contributed by atoms with van der Waals surface area (Å²) < 4.78 is 6.19. The molecule has 0 atom stereocenters. The van der Waals surface area contributed by atoms with E-state index >= 15 is 0 Å². The number of ether oxygens (including phenoxy) is 1. The molecule has 0 radical (unpaired) electrons. The molecule has 6 nitrogen and oxygen atoms in total. The minimum absolute atomic E-state index is 0.0570. The number of hydrogen-bond donors (Lipinski definition) is 2. The third kappa shape index (κ3) is 2.06. The Bertz CT molecular complexity index is 923. The molecule has 0 saturated carbocycles. The largest absolute Gasteiger partial charge is 0.508 e. The van der Waals surface area contributed by atoms with Crippen LogP contribution in [0.25, 0.3) is 16.6 Å². The van der Waals surface area contributed by atoms with Crippen molar-refractivity contribution in [3.8, 4) is 17.2 Å². The number of nitrogens with one attached hydrogen (secondary N) is 1. The first-order valence-corrected chi connectivity index (χ1v) is 6.23. The molecule has 0 bridgehead atoms. The van der Waals surface area contributed by atoms with Gasteiger partial charge in [-0.05, 0) is 36.4 Å². The Labute approximate surface area is 118 Å². The Kier molecular flexibility index (Phi) is 2.98. The average molecular weight is 284 g/mol. The molecule has 2 aromatic carbocycles. The van der Waals surface area contributed by atoms with Gasteiger partial charge in [-0.2, -0.15) is 0 Å². The number of methoxy groups -OCH3 is 1. The van der Waals surface area contributed by atoms with Crippen LogP contribution in [-0.4, -0.2) is 21.8 Å². The van der Waals surface area contributed by atoms with E-state index in [1.807, 2.05) is 0 Å². The third-order valence-corrected chi connectivity index (χ3v) is 3.22. The number of aromatic nitrogens is 2. The van der Waals surface area contributed by atoms with E-state index in [2.05, 4.69) is 4.98 Å². The lowest BCUT2D eigenvalue weighted by Crippen LogP contribution is -2.33. The van der Waals surface area contributed by atoms with Gasteiger partial charge in [0.05, 0.1) is 18.3 Å². The highest BCUT2D eigenvalue weighted by Crippen LogP contribution is 2.20. The smallest absolute Gasteiger partial charge is 0.333 e. The maximum atomic E-state index is 12.6. The summed E-state index contributed by atoms with van der Waals surface area (Å²) in [6, 6.07) is 10.8. The quantitative estimate of drug-likeness (QED) is 0.745. The number of phenols is 1. The minimum Gasteiger partial charge on any atom is -0.508 e. The van der Waals surface area contributed by atoms with Crippen LogP contribution in [-0.2, 0) is 0 Å². The predicted molar refractivity (Wildman–Crippen MR) is 78.4 cm³/mol. The van der Waals surface area contributed by atoms with Crippen molar-refractivity contribution in [1.82, 2.24) is 9.55 Å². The normalized spacial score (nSPS) is 10.7. The highest BCUT2D eigenvalue weighted by Gasteiger charge is 2.13. The number of aromatic hydroxyl groups is 1. The van der Waals surface area contributed by atoms with Crippen LogP contribution in [0.1, 0.15) is 0 Å². The minimum atomic E-state index is -0.550. The number of phenolic OH excluding ortho intramolecular Hbond substituents is 1. The lowest BCUT2D eigenvalue weighted by molar-refractivity contribution is 0.419. The summed E-state index contributed by atoms with van der Waals surface area (Å²) in [4.78, 5) is 27.4. The van der Waals surface area contributed by atoms with Gasteiger partial charge in [0.2, 0.25) is 0 Å². The molecule has 1 heterocycles. The van der Waals surface area contributed by atoms with E-state index in [1.165, 1.54) is 31.4 Å². The molecule has 0 aliphatic carbocycles. The molecular weight excluding hydrogens is 272 g/mol. The second-order valence-electron chi connectivity index (χ2n) is 4.47. The van der Waals surface area contributed by atoms with Gasteiger partial charge in [0.1, 0.15) is 16.9 Å². The summed E-state index contributed by atoms with van der Waals surface area (Å²) in [5.74, 6) is 0.447. The first-order valence-electron chi connectivity index (χ1n) is 6.23. The molecule has 0 unspecified atom stereocenters. The Hall–Kier alpha value is -3.02. The van der Waals surface area contributed by atoms with Crippen LogP contribution in [0.5, 0.6) is 11.5 Å². The van der Waals surface area contributed by atoms with Gasteiger partial charge < -0.3 is 14.8 Å². The van der Waals surface area contributed by atoms with Gasteiger partial charge in [0.15, 0.2) is 0 Å². The predicted octanol–water partition coefficient (Wildman–Crippen LogP) is 1.39. The van der Waals surface area contributed by atoms with Crippen LogP contribution in [0.15, 0.2) is 52.1 Å². The summed E-state index contributed by atoms with van der Waals surface area (Å²) >= 11 is 0. The first kappa shape index (κ1) is 13.0. The van der Waals surface area contributed by atoms with Crippen molar-refractivity contribution in [2.45, 2.75) is 0 Å². The van der Waals surface area contributed by atoms with E-state index < -0.39 is 11.2 Å². The monoisotopic (exact) mass is 284 g/mol. The molecule has 0 amide bonds. The van der Waals surface area contributed by atoms with Gasteiger partial charge in [-0.1, -0.05) is 6.07 Å².